The Kier molecular flexibility index (Phi) is 4.56. The molecule has 0 spiro atoms. The molecule has 1 unspecified atom stereocenters. The minimum Gasteiger partial charge on any atom is -0.378 e. The van der Waals surface area contributed by atoms with E-state index >= 15 is 0 Å². The van der Waals surface area contributed by atoms with Gasteiger partial charge in [0.1, 0.15) is 0 Å². The molecule has 2 aliphatic rings. The van der Waals surface area contributed by atoms with Gasteiger partial charge in [0.15, 0.2) is 0 Å². The van der Waals surface area contributed by atoms with Crippen molar-refractivity contribution in [1.29, 1.82) is 0 Å². The van der Waals surface area contributed by atoms with Gasteiger partial charge in [0.2, 0.25) is 5.91 Å². The lowest BCUT2D eigenvalue weighted by Gasteiger charge is -2.29. The molecule has 2 fully saturated rings. The molecule has 0 aromatic heterocycles. The van der Waals surface area contributed by atoms with Crippen LogP contribution in [0.15, 0.2) is 24.3 Å². The van der Waals surface area contributed by atoms with Gasteiger partial charge >= 0.3 is 0 Å². The molecule has 1 aliphatic carbocycles. The van der Waals surface area contributed by atoms with Gasteiger partial charge < -0.3 is 15.0 Å². The van der Waals surface area contributed by atoms with Crippen LogP contribution in [0.3, 0.4) is 0 Å². The maximum Gasteiger partial charge on any atom is 0.239 e. The summed E-state index contributed by atoms with van der Waals surface area (Å²) in [5.41, 5.74) is 2.79. The zero-order valence-electron chi connectivity index (χ0n) is 12.7. The standard InChI is InChI=1S/C17H24N2O2/c1-13(17(20)19-8-10-21-11-9-19)18-12-15-4-2-3-5-16(15)14-6-7-14/h2-5,13-14,18H,6-12H2,1H3. The van der Waals surface area contributed by atoms with Crippen LogP contribution in [-0.4, -0.2) is 43.2 Å². The van der Waals surface area contributed by atoms with E-state index in [1.807, 2.05) is 11.8 Å². The summed E-state index contributed by atoms with van der Waals surface area (Å²) >= 11 is 0. The number of hydrogen-bond acceptors (Lipinski definition) is 3. The van der Waals surface area contributed by atoms with Crippen LogP contribution in [0.5, 0.6) is 0 Å². The van der Waals surface area contributed by atoms with Crippen LogP contribution >= 0.6 is 0 Å². The van der Waals surface area contributed by atoms with Gasteiger partial charge in [-0.05, 0) is 36.8 Å². The number of amides is 1. The lowest BCUT2D eigenvalue weighted by molar-refractivity contribution is -0.137. The summed E-state index contributed by atoms with van der Waals surface area (Å²) in [4.78, 5) is 14.3. The van der Waals surface area contributed by atoms with Crippen molar-refractivity contribution in [2.75, 3.05) is 26.3 Å². The molecule has 4 heteroatoms. The molecule has 1 N–H and O–H groups in total. The molecule has 1 saturated carbocycles. The van der Waals surface area contributed by atoms with Gasteiger partial charge in [0.05, 0.1) is 19.3 Å². The van der Waals surface area contributed by atoms with Crippen molar-refractivity contribution in [3.63, 3.8) is 0 Å². The van der Waals surface area contributed by atoms with Crippen LogP contribution in [0, 0.1) is 0 Å². The average Bonchev–Trinajstić information content (AvgIpc) is 3.38. The lowest BCUT2D eigenvalue weighted by atomic mass is 10.0. The van der Waals surface area contributed by atoms with E-state index in [1.165, 1.54) is 24.0 Å². The van der Waals surface area contributed by atoms with Gasteiger partial charge in [0.25, 0.3) is 0 Å². The molecular weight excluding hydrogens is 264 g/mol. The van der Waals surface area contributed by atoms with E-state index in [0.29, 0.717) is 26.3 Å². The van der Waals surface area contributed by atoms with Crippen molar-refractivity contribution in [2.45, 2.75) is 38.3 Å². The number of carbonyl (C=O) groups is 1. The average molecular weight is 288 g/mol. The molecule has 4 nitrogen and oxygen atoms in total. The number of benzene rings is 1. The molecule has 3 rings (SSSR count). The van der Waals surface area contributed by atoms with Gasteiger partial charge in [-0.25, -0.2) is 0 Å². The summed E-state index contributed by atoms with van der Waals surface area (Å²) in [6.07, 6.45) is 2.61. The first-order valence-electron chi connectivity index (χ1n) is 7.93. The molecule has 114 valence electrons. The Morgan fingerprint density at radius 1 is 1.33 bits per heavy atom. The summed E-state index contributed by atoms with van der Waals surface area (Å²) in [5, 5.41) is 3.39. The van der Waals surface area contributed by atoms with Gasteiger partial charge in [-0.15, -0.1) is 0 Å². The van der Waals surface area contributed by atoms with E-state index < -0.39 is 0 Å². The first kappa shape index (κ1) is 14.5. The highest BCUT2D eigenvalue weighted by atomic mass is 16.5. The van der Waals surface area contributed by atoms with Crippen molar-refractivity contribution >= 4 is 5.91 Å². The van der Waals surface area contributed by atoms with Crippen molar-refractivity contribution in [3.8, 4) is 0 Å². The first-order chi connectivity index (χ1) is 10.3. The predicted octanol–water partition coefficient (Wildman–Crippen LogP) is 1.90. The Morgan fingerprint density at radius 2 is 2.05 bits per heavy atom. The molecule has 1 atom stereocenters. The Hall–Kier alpha value is -1.39. The zero-order chi connectivity index (χ0) is 14.7. The summed E-state index contributed by atoms with van der Waals surface area (Å²) in [5.74, 6) is 0.926. The fraction of sp³-hybridized carbons (Fsp3) is 0.588. The van der Waals surface area contributed by atoms with Crippen LogP contribution in [0.4, 0.5) is 0 Å². The van der Waals surface area contributed by atoms with Gasteiger partial charge in [-0.1, -0.05) is 24.3 Å². The quantitative estimate of drug-likeness (QED) is 0.900. The van der Waals surface area contributed by atoms with E-state index in [4.69, 9.17) is 4.74 Å². The predicted molar refractivity (Wildman–Crippen MR) is 82.1 cm³/mol. The number of nitrogens with one attached hydrogen (secondary N) is 1. The largest absolute Gasteiger partial charge is 0.378 e. The van der Waals surface area contributed by atoms with Crippen LogP contribution < -0.4 is 5.32 Å². The van der Waals surface area contributed by atoms with E-state index in [-0.39, 0.29) is 11.9 Å². The Bertz CT molecular complexity index is 493. The van der Waals surface area contributed by atoms with Crippen LogP contribution in [0.1, 0.15) is 36.8 Å². The molecule has 1 saturated heterocycles. The molecule has 1 aliphatic heterocycles. The number of ether oxygens (including phenoxy) is 1. The third kappa shape index (κ3) is 3.63. The molecule has 0 bridgehead atoms. The second-order valence-corrected chi connectivity index (χ2v) is 6.01. The second-order valence-electron chi connectivity index (χ2n) is 6.01. The lowest BCUT2D eigenvalue weighted by Crippen LogP contribution is -2.49. The summed E-state index contributed by atoms with van der Waals surface area (Å²) in [7, 11) is 0. The van der Waals surface area contributed by atoms with Crippen LogP contribution in [-0.2, 0) is 16.1 Å². The highest BCUT2D eigenvalue weighted by Crippen LogP contribution is 2.41. The van der Waals surface area contributed by atoms with E-state index in [2.05, 4.69) is 29.6 Å². The zero-order valence-corrected chi connectivity index (χ0v) is 12.7. The minimum atomic E-state index is -0.143. The number of rotatable bonds is 5. The molecular formula is C17H24N2O2. The second kappa shape index (κ2) is 6.58. The topological polar surface area (TPSA) is 41.6 Å². The van der Waals surface area contributed by atoms with Crippen molar-refractivity contribution in [2.24, 2.45) is 0 Å². The van der Waals surface area contributed by atoms with E-state index in [0.717, 1.165) is 12.5 Å². The third-order valence-electron chi connectivity index (χ3n) is 4.36. The molecule has 0 radical (unpaired) electrons. The van der Waals surface area contributed by atoms with E-state index in [9.17, 15) is 4.79 Å². The highest BCUT2D eigenvalue weighted by Gasteiger charge is 2.26. The van der Waals surface area contributed by atoms with Gasteiger partial charge in [-0.2, -0.15) is 0 Å². The first-order valence-corrected chi connectivity index (χ1v) is 7.93. The molecule has 1 aromatic rings. The van der Waals surface area contributed by atoms with Crippen molar-refractivity contribution < 1.29 is 9.53 Å². The fourth-order valence-corrected chi connectivity index (χ4v) is 2.90. The number of hydrogen-bond donors (Lipinski definition) is 1. The maximum atomic E-state index is 12.4. The fourth-order valence-electron chi connectivity index (χ4n) is 2.90. The molecule has 1 aromatic carbocycles. The molecule has 21 heavy (non-hydrogen) atoms. The number of carbonyl (C=O) groups excluding carboxylic acids is 1. The third-order valence-corrected chi connectivity index (χ3v) is 4.36. The van der Waals surface area contributed by atoms with Gasteiger partial charge in [0, 0.05) is 19.6 Å². The van der Waals surface area contributed by atoms with E-state index in [1.54, 1.807) is 0 Å². The minimum absolute atomic E-state index is 0.143. The molecule has 1 heterocycles. The van der Waals surface area contributed by atoms with Crippen molar-refractivity contribution in [1.82, 2.24) is 10.2 Å². The monoisotopic (exact) mass is 288 g/mol. The normalized spacial score (nSPS) is 20.3. The van der Waals surface area contributed by atoms with Crippen LogP contribution in [0.2, 0.25) is 0 Å². The van der Waals surface area contributed by atoms with Crippen molar-refractivity contribution in [3.05, 3.63) is 35.4 Å². The highest BCUT2D eigenvalue weighted by molar-refractivity contribution is 5.81. The Morgan fingerprint density at radius 3 is 2.76 bits per heavy atom. The summed E-state index contributed by atoms with van der Waals surface area (Å²) < 4.78 is 5.29. The Labute approximate surface area is 126 Å². The SMILES string of the molecule is CC(NCc1ccccc1C1CC1)C(=O)N1CCOCC1. The summed E-state index contributed by atoms with van der Waals surface area (Å²) in [6, 6.07) is 8.45. The smallest absolute Gasteiger partial charge is 0.239 e. The van der Waals surface area contributed by atoms with Gasteiger partial charge in [-0.3, -0.25) is 4.79 Å². The Balaban J connectivity index is 1.55. The summed E-state index contributed by atoms with van der Waals surface area (Å²) in [6.45, 7) is 5.46. The van der Waals surface area contributed by atoms with Crippen LogP contribution in [0.25, 0.3) is 0 Å². The number of nitrogens with zero attached hydrogens (tertiary/aromatic N) is 1. The molecule has 1 amide bonds. The number of morpholine rings is 1. The maximum absolute atomic E-state index is 12.4.